The molecule has 0 amide bonds. The summed E-state index contributed by atoms with van der Waals surface area (Å²) in [6.45, 7) is 4.59. The molecular weight excluding hydrogens is 196 g/mol. The Balaban J connectivity index is 1.68. The molecule has 1 aromatic rings. The third kappa shape index (κ3) is 1.86. The maximum Gasteiger partial charge on any atom is 0.0406 e. The van der Waals surface area contributed by atoms with Crippen molar-refractivity contribution in [2.75, 3.05) is 13.1 Å². The van der Waals surface area contributed by atoms with Crippen LogP contribution in [0, 0.1) is 24.7 Å². The van der Waals surface area contributed by atoms with E-state index >= 15 is 0 Å². The van der Waals surface area contributed by atoms with Crippen molar-refractivity contribution in [3.8, 4) is 0 Å². The Morgan fingerprint density at radius 2 is 2.25 bits per heavy atom. The van der Waals surface area contributed by atoms with Crippen molar-refractivity contribution in [1.82, 2.24) is 10.3 Å². The summed E-state index contributed by atoms with van der Waals surface area (Å²) in [6, 6.07) is 4.38. The summed E-state index contributed by atoms with van der Waals surface area (Å²) >= 11 is 0. The van der Waals surface area contributed by atoms with Crippen LogP contribution in [0.2, 0.25) is 0 Å². The Labute approximate surface area is 97.5 Å². The van der Waals surface area contributed by atoms with E-state index in [-0.39, 0.29) is 0 Å². The van der Waals surface area contributed by atoms with Crippen LogP contribution in [0.3, 0.4) is 0 Å². The molecular formula is C14H20N2. The third-order valence-electron chi connectivity index (χ3n) is 4.35. The van der Waals surface area contributed by atoms with Crippen LogP contribution in [0.1, 0.15) is 24.1 Å². The standard InChI is InChI=1S/C14H20N2/c1-10-2-5-13(16-7-10)6-11-3-4-12-8-15-9-14(11)12/h2,5,7,11-12,14-15H,3-4,6,8-9H2,1H3. The topological polar surface area (TPSA) is 24.9 Å². The number of aryl methyl sites for hydroxylation is 1. The molecule has 2 nitrogen and oxygen atoms in total. The highest BCUT2D eigenvalue weighted by molar-refractivity contribution is 5.13. The van der Waals surface area contributed by atoms with Gasteiger partial charge in [0.1, 0.15) is 0 Å². The maximum atomic E-state index is 4.54. The second kappa shape index (κ2) is 4.17. The fourth-order valence-corrected chi connectivity index (χ4v) is 3.40. The first kappa shape index (κ1) is 10.3. The fourth-order valence-electron chi connectivity index (χ4n) is 3.40. The van der Waals surface area contributed by atoms with Gasteiger partial charge in [0.2, 0.25) is 0 Å². The Kier molecular flexibility index (Phi) is 2.68. The van der Waals surface area contributed by atoms with Crippen LogP contribution < -0.4 is 5.32 Å². The molecule has 0 bridgehead atoms. The Morgan fingerprint density at radius 1 is 1.31 bits per heavy atom. The summed E-state index contributed by atoms with van der Waals surface area (Å²) < 4.78 is 0. The molecule has 3 rings (SSSR count). The van der Waals surface area contributed by atoms with E-state index in [1.807, 2.05) is 6.20 Å². The average Bonchev–Trinajstić information content (AvgIpc) is 2.86. The summed E-state index contributed by atoms with van der Waals surface area (Å²) in [5, 5.41) is 3.53. The lowest BCUT2D eigenvalue weighted by molar-refractivity contribution is 0.372. The Bertz CT molecular complexity index is 358. The van der Waals surface area contributed by atoms with Crippen LogP contribution in [0.5, 0.6) is 0 Å². The van der Waals surface area contributed by atoms with Gasteiger partial charge in [0, 0.05) is 11.9 Å². The highest BCUT2D eigenvalue weighted by atomic mass is 14.9. The zero-order valence-corrected chi connectivity index (χ0v) is 9.95. The second-order valence-corrected chi connectivity index (χ2v) is 5.45. The first-order valence-electron chi connectivity index (χ1n) is 6.45. The molecule has 1 aromatic heterocycles. The minimum atomic E-state index is 0.871. The van der Waals surface area contributed by atoms with Crippen molar-refractivity contribution in [2.24, 2.45) is 17.8 Å². The third-order valence-corrected chi connectivity index (χ3v) is 4.35. The monoisotopic (exact) mass is 216 g/mol. The number of fused-ring (bicyclic) bond motifs is 1. The molecule has 1 saturated carbocycles. The van der Waals surface area contributed by atoms with Gasteiger partial charge >= 0.3 is 0 Å². The van der Waals surface area contributed by atoms with Crippen molar-refractivity contribution in [3.63, 3.8) is 0 Å². The molecule has 2 heterocycles. The van der Waals surface area contributed by atoms with E-state index in [9.17, 15) is 0 Å². The van der Waals surface area contributed by atoms with E-state index in [1.165, 1.54) is 43.6 Å². The minimum Gasteiger partial charge on any atom is -0.316 e. The molecule has 2 aliphatic rings. The van der Waals surface area contributed by atoms with Crippen LogP contribution in [-0.2, 0) is 6.42 Å². The van der Waals surface area contributed by atoms with Gasteiger partial charge in [-0.2, -0.15) is 0 Å². The predicted molar refractivity (Wildman–Crippen MR) is 65.3 cm³/mol. The lowest BCUT2D eigenvalue weighted by atomic mass is 9.89. The lowest BCUT2D eigenvalue weighted by Crippen LogP contribution is -2.18. The summed E-state index contributed by atoms with van der Waals surface area (Å²) in [6.07, 6.45) is 6.01. The highest BCUT2D eigenvalue weighted by Crippen LogP contribution is 2.40. The number of aromatic nitrogens is 1. The minimum absolute atomic E-state index is 0.871. The van der Waals surface area contributed by atoms with Gasteiger partial charge in [-0.05, 0) is 68.7 Å². The van der Waals surface area contributed by atoms with Crippen LogP contribution in [0.15, 0.2) is 18.3 Å². The normalized spacial score (nSPS) is 32.9. The molecule has 86 valence electrons. The van der Waals surface area contributed by atoms with Gasteiger partial charge < -0.3 is 5.32 Å². The SMILES string of the molecule is Cc1ccc(CC2CCC3CNCC32)nc1. The molecule has 0 spiro atoms. The van der Waals surface area contributed by atoms with Crippen molar-refractivity contribution < 1.29 is 0 Å². The molecule has 1 aliphatic carbocycles. The molecule has 3 unspecified atom stereocenters. The molecule has 1 aliphatic heterocycles. The number of rotatable bonds is 2. The Morgan fingerprint density at radius 3 is 3.06 bits per heavy atom. The molecule has 0 aromatic carbocycles. The number of nitrogens with zero attached hydrogens (tertiary/aromatic N) is 1. The van der Waals surface area contributed by atoms with Gasteiger partial charge in [-0.3, -0.25) is 4.98 Å². The van der Waals surface area contributed by atoms with Crippen LogP contribution in [0.25, 0.3) is 0 Å². The van der Waals surface area contributed by atoms with Crippen molar-refractivity contribution in [2.45, 2.75) is 26.2 Å². The number of hydrogen-bond acceptors (Lipinski definition) is 2. The highest BCUT2D eigenvalue weighted by Gasteiger charge is 2.38. The summed E-state index contributed by atoms with van der Waals surface area (Å²) in [4.78, 5) is 4.54. The first-order chi connectivity index (χ1) is 7.83. The summed E-state index contributed by atoms with van der Waals surface area (Å²) in [7, 11) is 0. The fraction of sp³-hybridized carbons (Fsp3) is 0.643. The molecule has 1 N–H and O–H groups in total. The first-order valence-corrected chi connectivity index (χ1v) is 6.45. The van der Waals surface area contributed by atoms with Gasteiger partial charge in [0.25, 0.3) is 0 Å². The average molecular weight is 216 g/mol. The zero-order chi connectivity index (χ0) is 11.0. The Hall–Kier alpha value is -0.890. The van der Waals surface area contributed by atoms with Crippen LogP contribution in [-0.4, -0.2) is 18.1 Å². The molecule has 16 heavy (non-hydrogen) atoms. The van der Waals surface area contributed by atoms with Crippen molar-refractivity contribution >= 4 is 0 Å². The summed E-state index contributed by atoms with van der Waals surface area (Å²) in [5.74, 6) is 2.74. The molecule has 0 radical (unpaired) electrons. The summed E-state index contributed by atoms with van der Waals surface area (Å²) in [5.41, 5.74) is 2.54. The van der Waals surface area contributed by atoms with Gasteiger partial charge in [-0.15, -0.1) is 0 Å². The van der Waals surface area contributed by atoms with E-state index in [1.54, 1.807) is 0 Å². The van der Waals surface area contributed by atoms with Gasteiger partial charge in [0.15, 0.2) is 0 Å². The molecule has 1 saturated heterocycles. The largest absolute Gasteiger partial charge is 0.316 e. The van der Waals surface area contributed by atoms with Crippen molar-refractivity contribution in [1.29, 1.82) is 0 Å². The van der Waals surface area contributed by atoms with E-state index in [4.69, 9.17) is 0 Å². The second-order valence-electron chi connectivity index (χ2n) is 5.45. The van der Waals surface area contributed by atoms with Gasteiger partial charge in [-0.1, -0.05) is 6.07 Å². The van der Waals surface area contributed by atoms with E-state index in [0.29, 0.717) is 0 Å². The smallest absolute Gasteiger partial charge is 0.0406 e. The van der Waals surface area contributed by atoms with E-state index < -0.39 is 0 Å². The maximum absolute atomic E-state index is 4.54. The van der Waals surface area contributed by atoms with Crippen LogP contribution in [0.4, 0.5) is 0 Å². The van der Waals surface area contributed by atoms with Crippen molar-refractivity contribution in [3.05, 3.63) is 29.6 Å². The molecule has 3 atom stereocenters. The number of nitrogens with one attached hydrogen (secondary N) is 1. The van der Waals surface area contributed by atoms with Crippen LogP contribution >= 0.6 is 0 Å². The van der Waals surface area contributed by atoms with E-state index in [0.717, 1.165) is 17.8 Å². The van der Waals surface area contributed by atoms with E-state index in [2.05, 4.69) is 29.4 Å². The quantitative estimate of drug-likeness (QED) is 0.819. The number of pyridine rings is 1. The van der Waals surface area contributed by atoms with Gasteiger partial charge in [0.05, 0.1) is 0 Å². The predicted octanol–water partition coefficient (Wildman–Crippen LogP) is 2.18. The molecule has 2 fully saturated rings. The number of hydrogen-bond donors (Lipinski definition) is 1. The zero-order valence-electron chi connectivity index (χ0n) is 9.95. The lowest BCUT2D eigenvalue weighted by Gasteiger charge is -2.17. The molecule has 2 heteroatoms. The van der Waals surface area contributed by atoms with Gasteiger partial charge in [-0.25, -0.2) is 0 Å².